The van der Waals surface area contributed by atoms with Crippen LogP contribution in [0.2, 0.25) is 5.02 Å². The van der Waals surface area contributed by atoms with Crippen molar-refractivity contribution in [2.75, 3.05) is 31.1 Å². The lowest BCUT2D eigenvalue weighted by molar-refractivity contribution is -0.150. The van der Waals surface area contributed by atoms with Crippen LogP contribution in [-0.4, -0.2) is 76.1 Å². The highest BCUT2D eigenvalue weighted by Gasteiger charge is 2.78. The molecule has 3 heterocycles. The lowest BCUT2D eigenvalue weighted by Crippen LogP contribution is -2.56. The molecule has 8 nitrogen and oxygen atoms in total. The predicted octanol–water partition coefficient (Wildman–Crippen LogP) is 5.31. The molecule has 3 aliphatic heterocycles. The molecule has 9 heteroatoms. The normalized spacial score (nSPS) is 26.5. The molecule has 3 amide bonds. The van der Waals surface area contributed by atoms with Crippen molar-refractivity contribution in [2.24, 2.45) is 11.8 Å². The molecule has 3 fully saturated rings. The van der Waals surface area contributed by atoms with Gasteiger partial charge in [0.2, 0.25) is 11.8 Å². The molecule has 0 aliphatic carbocycles. The molecule has 2 bridgehead atoms. The maximum atomic E-state index is 14.9. The number of fused-ring (bicyclic) bond motifs is 1. The van der Waals surface area contributed by atoms with Crippen LogP contribution >= 0.6 is 11.6 Å². The Morgan fingerprint density at radius 2 is 1.78 bits per heavy atom. The van der Waals surface area contributed by atoms with E-state index in [0.717, 1.165) is 11.1 Å². The average molecular weight is 634 g/mol. The van der Waals surface area contributed by atoms with Gasteiger partial charge in [-0.1, -0.05) is 66.2 Å². The first-order valence-corrected chi connectivity index (χ1v) is 16.2. The fourth-order valence-electron chi connectivity index (χ4n) is 7.81. The molecule has 1 spiro atoms. The molecule has 0 aromatic heterocycles. The van der Waals surface area contributed by atoms with Gasteiger partial charge in [-0.3, -0.25) is 14.4 Å². The molecular weight excluding hydrogens is 590 g/mol. The van der Waals surface area contributed by atoms with Crippen LogP contribution in [0.5, 0.6) is 0 Å². The fourth-order valence-corrected chi connectivity index (χ4v) is 8.14. The Bertz CT molecular complexity index is 1430. The summed E-state index contributed by atoms with van der Waals surface area (Å²) < 4.78 is 6.89. The van der Waals surface area contributed by atoms with Crippen LogP contribution in [0.3, 0.4) is 0 Å². The molecule has 1 N–H and O–H groups in total. The van der Waals surface area contributed by atoms with Crippen molar-refractivity contribution < 1.29 is 24.2 Å². The number of hydrogen-bond acceptors (Lipinski definition) is 5. The minimum absolute atomic E-state index is 0.0559. The number of aliphatic hydroxyl groups excluding tert-OH is 1. The number of carbonyl (C=O) groups is 3. The lowest BCUT2D eigenvalue weighted by Gasteiger charge is -2.37. The van der Waals surface area contributed by atoms with Crippen molar-refractivity contribution in [3.8, 4) is 0 Å². The van der Waals surface area contributed by atoms with Gasteiger partial charge in [-0.15, -0.1) is 13.2 Å². The van der Waals surface area contributed by atoms with Crippen molar-refractivity contribution >= 4 is 35.0 Å². The highest BCUT2D eigenvalue weighted by molar-refractivity contribution is 6.34. The van der Waals surface area contributed by atoms with Gasteiger partial charge in [0, 0.05) is 32.8 Å². The summed E-state index contributed by atoms with van der Waals surface area (Å²) in [5, 5.41) is 9.80. The standard InChI is InChI=1S/C36H44ClN3O5/c1-5-20-38(24-26-15-9-7-10-16-26)32(42)28-29-33(43)40(22-11-8-12-23-41)31(36(29)19-18-35(28,4)45-36)34(44)39(21-6-2)30-25(3)14-13-17-27(30)37/h5-7,9-10,13-17,28-29,31,41H,1-2,8,11-12,18-24H2,3-4H3/t28-,29-,31?,35+,36?/m0/s1. The van der Waals surface area contributed by atoms with Crippen molar-refractivity contribution in [1.29, 1.82) is 0 Å². The van der Waals surface area contributed by atoms with Gasteiger partial charge in [0.15, 0.2) is 0 Å². The topological polar surface area (TPSA) is 90.4 Å². The molecular formula is C36H44ClN3O5. The zero-order chi connectivity index (χ0) is 32.4. The Hall–Kier alpha value is -3.46. The number of likely N-dealkylation sites (tertiary alicyclic amines) is 1. The number of carbonyl (C=O) groups excluding carboxylic acids is 3. The van der Waals surface area contributed by atoms with E-state index in [9.17, 15) is 19.5 Å². The average Bonchev–Trinajstić information content (AvgIpc) is 3.59. The Morgan fingerprint density at radius 3 is 2.44 bits per heavy atom. The van der Waals surface area contributed by atoms with Crippen molar-refractivity contribution in [2.45, 2.75) is 69.7 Å². The SMILES string of the molecule is C=CCN(Cc1ccccc1)C(=O)[C@@H]1[C@H]2C(=O)N(CCCCCO)C(C(=O)N(CC=C)c3c(C)cccc3Cl)C23CC[C@@]1(C)O3. The third-order valence-corrected chi connectivity index (χ3v) is 10.1. The largest absolute Gasteiger partial charge is 0.396 e. The van der Waals surface area contributed by atoms with Crippen molar-refractivity contribution in [3.05, 3.63) is 90.0 Å². The first kappa shape index (κ1) is 32.9. The molecule has 3 saturated heterocycles. The number of nitrogens with zero attached hydrogens (tertiary/aromatic N) is 3. The number of rotatable bonds is 14. The summed E-state index contributed by atoms with van der Waals surface area (Å²) in [5.41, 5.74) is 0.300. The zero-order valence-corrected chi connectivity index (χ0v) is 27.0. The second-order valence-electron chi connectivity index (χ2n) is 12.7. The number of aryl methyl sites for hydroxylation is 1. The van der Waals surface area contributed by atoms with Crippen molar-refractivity contribution in [3.63, 3.8) is 0 Å². The summed E-state index contributed by atoms with van der Waals surface area (Å²) in [4.78, 5) is 49.0. The number of anilines is 1. The molecule has 5 atom stereocenters. The first-order chi connectivity index (χ1) is 21.6. The Labute approximate surface area is 271 Å². The Kier molecular flexibility index (Phi) is 9.87. The summed E-state index contributed by atoms with van der Waals surface area (Å²) in [6, 6.07) is 14.3. The molecule has 240 valence electrons. The highest BCUT2D eigenvalue weighted by atomic mass is 35.5. The van der Waals surface area contributed by atoms with Crippen LogP contribution < -0.4 is 4.90 Å². The van der Waals surface area contributed by atoms with Crippen molar-refractivity contribution in [1.82, 2.24) is 9.80 Å². The maximum Gasteiger partial charge on any atom is 0.253 e. The molecule has 2 aromatic rings. The predicted molar refractivity (Wildman–Crippen MR) is 176 cm³/mol. The lowest BCUT2D eigenvalue weighted by atomic mass is 9.66. The van der Waals surface area contributed by atoms with E-state index in [4.69, 9.17) is 16.3 Å². The molecule has 2 aromatic carbocycles. The number of aliphatic hydroxyl groups is 1. The molecule has 3 aliphatic rings. The van der Waals surface area contributed by atoms with Gasteiger partial charge < -0.3 is 24.5 Å². The summed E-state index contributed by atoms with van der Waals surface area (Å²) in [6.45, 7) is 12.9. The summed E-state index contributed by atoms with van der Waals surface area (Å²) in [6.07, 6.45) is 6.29. The zero-order valence-electron chi connectivity index (χ0n) is 26.3. The monoisotopic (exact) mass is 633 g/mol. The van der Waals surface area contributed by atoms with Gasteiger partial charge in [-0.05, 0) is 63.1 Å². The molecule has 45 heavy (non-hydrogen) atoms. The number of amides is 3. The van der Waals surface area contributed by atoms with Crippen LogP contribution in [0.25, 0.3) is 0 Å². The summed E-state index contributed by atoms with van der Waals surface area (Å²) in [7, 11) is 0. The number of unbranched alkanes of at least 4 members (excludes halogenated alkanes) is 2. The minimum atomic E-state index is -1.17. The van der Waals surface area contributed by atoms with Gasteiger partial charge in [-0.25, -0.2) is 0 Å². The smallest absolute Gasteiger partial charge is 0.253 e. The molecule has 5 rings (SSSR count). The second kappa shape index (κ2) is 13.5. The van der Waals surface area contributed by atoms with E-state index in [1.165, 1.54) is 0 Å². The van der Waals surface area contributed by atoms with Crippen LogP contribution in [0, 0.1) is 18.8 Å². The van der Waals surface area contributed by atoms with Gasteiger partial charge in [0.1, 0.15) is 11.6 Å². The van der Waals surface area contributed by atoms with E-state index in [2.05, 4.69) is 13.2 Å². The first-order valence-electron chi connectivity index (χ1n) is 15.9. The highest BCUT2D eigenvalue weighted by Crippen LogP contribution is 2.63. The van der Waals surface area contributed by atoms with Crippen LogP contribution in [0.4, 0.5) is 5.69 Å². The number of halogens is 1. The van der Waals surface area contributed by atoms with Gasteiger partial charge >= 0.3 is 0 Å². The summed E-state index contributed by atoms with van der Waals surface area (Å²) >= 11 is 6.68. The quantitative estimate of drug-likeness (QED) is 0.225. The molecule has 0 radical (unpaired) electrons. The number of para-hydroxylation sites is 1. The Balaban J connectivity index is 1.56. The third-order valence-electron chi connectivity index (χ3n) is 9.75. The van der Waals surface area contributed by atoms with E-state index in [0.29, 0.717) is 62.4 Å². The maximum absolute atomic E-state index is 14.9. The third kappa shape index (κ3) is 5.84. The molecule has 0 saturated carbocycles. The van der Waals surface area contributed by atoms with E-state index < -0.39 is 29.1 Å². The second-order valence-corrected chi connectivity index (χ2v) is 13.1. The van der Waals surface area contributed by atoms with Gasteiger partial charge in [0.05, 0.1) is 28.1 Å². The molecule has 2 unspecified atom stereocenters. The number of ether oxygens (including phenoxy) is 1. The fraction of sp³-hybridized carbons (Fsp3) is 0.472. The summed E-state index contributed by atoms with van der Waals surface area (Å²) in [5.74, 6) is -2.26. The van der Waals surface area contributed by atoms with E-state index in [1.54, 1.807) is 32.9 Å². The number of benzene rings is 2. The van der Waals surface area contributed by atoms with Crippen LogP contribution in [0.1, 0.15) is 50.2 Å². The minimum Gasteiger partial charge on any atom is -0.396 e. The van der Waals surface area contributed by atoms with Gasteiger partial charge in [-0.2, -0.15) is 0 Å². The van der Waals surface area contributed by atoms with Crippen LogP contribution in [0.15, 0.2) is 73.8 Å². The van der Waals surface area contributed by atoms with Crippen LogP contribution in [-0.2, 0) is 25.7 Å². The Morgan fingerprint density at radius 1 is 1.04 bits per heavy atom. The number of hydrogen-bond donors (Lipinski definition) is 1. The van der Waals surface area contributed by atoms with E-state index in [1.807, 2.05) is 56.3 Å². The van der Waals surface area contributed by atoms with Gasteiger partial charge in [0.25, 0.3) is 5.91 Å². The van der Waals surface area contributed by atoms with E-state index >= 15 is 0 Å². The van der Waals surface area contributed by atoms with E-state index in [-0.39, 0.29) is 30.9 Å².